The number of nitrogens with zero attached hydrogens (tertiary/aromatic N) is 1. The third-order valence-electron chi connectivity index (χ3n) is 4.90. The highest BCUT2D eigenvalue weighted by Crippen LogP contribution is 2.39. The van der Waals surface area contributed by atoms with Crippen LogP contribution in [-0.4, -0.2) is 28.2 Å². The summed E-state index contributed by atoms with van der Waals surface area (Å²) in [5, 5.41) is 1.81. The number of amides is 1. The maximum Gasteiger partial charge on any atom is 0.353 e. The van der Waals surface area contributed by atoms with Gasteiger partial charge >= 0.3 is 5.97 Å². The summed E-state index contributed by atoms with van der Waals surface area (Å²) in [5.74, 6) is 0.135. The molecule has 2 heterocycles. The van der Waals surface area contributed by atoms with Crippen LogP contribution in [0.4, 0.5) is 0 Å². The Morgan fingerprint density at radius 3 is 2.56 bits per heavy atom. The highest BCUT2D eigenvalue weighted by Gasteiger charge is 2.35. The Balaban J connectivity index is 1.55. The fourth-order valence-electron chi connectivity index (χ4n) is 3.25. The Labute approximate surface area is 199 Å². The van der Waals surface area contributed by atoms with Crippen LogP contribution in [0.25, 0.3) is 6.08 Å². The lowest BCUT2D eigenvalue weighted by molar-refractivity contribution is -0.123. The molecular weight excluding hydrogens is 462 g/mol. The molecule has 0 aliphatic carbocycles. The molecule has 8 heteroatoms. The van der Waals surface area contributed by atoms with E-state index in [1.54, 1.807) is 41.3 Å². The highest BCUT2D eigenvalue weighted by molar-refractivity contribution is 8.26. The van der Waals surface area contributed by atoms with Crippen molar-refractivity contribution in [3.05, 3.63) is 87.0 Å². The van der Waals surface area contributed by atoms with Crippen LogP contribution in [0.15, 0.2) is 70.9 Å². The molecule has 1 aromatic heterocycles. The summed E-state index contributed by atoms with van der Waals surface area (Å²) in [6.45, 7) is 1.96. The number of hydrogen-bond donors (Lipinski definition) is 0. The molecule has 0 spiro atoms. The van der Waals surface area contributed by atoms with Crippen molar-refractivity contribution in [2.45, 2.75) is 13.0 Å². The van der Waals surface area contributed by atoms with Gasteiger partial charge in [-0.25, -0.2) is 4.79 Å². The van der Waals surface area contributed by atoms with Gasteiger partial charge < -0.3 is 9.47 Å². The Morgan fingerprint density at radius 1 is 1.09 bits per heavy atom. The number of methoxy groups -OCH3 is 1. The molecule has 4 rings (SSSR count). The SMILES string of the molecule is COc1cc(/C=C2/SC(=S)N([C@@H](C)c3ccccc3)C2=O)ccc1OC(=O)c1cccs1. The monoisotopic (exact) mass is 481 g/mol. The summed E-state index contributed by atoms with van der Waals surface area (Å²) in [7, 11) is 1.50. The number of thiophene rings is 1. The first-order chi connectivity index (χ1) is 15.5. The van der Waals surface area contributed by atoms with E-state index < -0.39 is 5.97 Å². The van der Waals surface area contributed by atoms with Gasteiger partial charge in [0.15, 0.2) is 11.5 Å². The summed E-state index contributed by atoms with van der Waals surface area (Å²) in [6.07, 6.45) is 1.77. The number of ether oxygens (including phenoxy) is 2. The first kappa shape index (κ1) is 22.3. The van der Waals surface area contributed by atoms with Gasteiger partial charge in [0.2, 0.25) is 0 Å². The number of rotatable bonds is 6. The molecule has 1 amide bonds. The minimum Gasteiger partial charge on any atom is -0.493 e. The van der Waals surface area contributed by atoms with Gasteiger partial charge in [-0.2, -0.15) is 0 Å². The average molecular weight is 482 g/mol. The van der Waals surface area contributed by atoms with Crippen LogP contribution in [0, 0.1) is 0 Å². The second-order valence-corrected chi connectivity index (χ2v) is 9.54. The van der Waals surface area contributed by atoms with E-state index in [0.29, 0.717) is 25.6 Å². The number of hydrogen-bond acceptors (Lipinski definition) is 7. The van der Waals surface area contributed by atoms with Crippen molar-refractivity contribution < 1.29 is 19.1 Å². The van der Waals surface area contributed by atoms with Crippen molar-refractivity contribution in [1.29, 1.82) is 0 Å². The molecule has 1 aliphatic heterocycles. The predicted molar refractivity (Wildman–Crippen MR) is 132 cm³/mol. The van der Waals surface area contributed by atoms with E-state index >= 15 is 0 Å². The first-order valence-corrected chi connectivity index (χ1v) is 11.8. The molecule has 1 fully saturated rings. The maximum atomic E-state index is 13.1. The zero-order chi connectivity index (χ0) is 22.7. The van der Waals surface area contributed by atoms with Gasteiger partial charge in [0.25, 0.3) is 5.91 Å². The highest BCUT2D eigenvalue weighted by atomic mass is 32.2. The van der Waals surface area contributed by atoms with Crippen molar-refractivity contribution in [1.82, 2.24) is 4.90 Å². The molecule has 0 radical (unpaired) electrons. The predicted octanol–water partition coefficient (Wildman–Crippen LogP) is 5.94. The van der Waals surface area contributed by atoms with Gasteiger partial charge in [0, 0.05) is 0 Å². The molecule has 162 valence electrons. The summed E-state index contributed by atoms with van der Waals surface area (Å²) in [4.78, 5) is 28.0. The van der Waals surface area contributed by atoms with Crippen molar-refractivity contribution in [3.63, 3.8) is 0 Å². The topological polar surface area (TPSA) is 55.8 Å². The van der Waals surface area contributed by atoms with Crippen LogP contribution in [0.5, 0.6) is 11.5 Å². The van der Waals surface area contributed by atoms with E-state index in [4.69, 9.17) is 21.7 Å². The molecule has 32 heavy (non-hydrogen) atoms. The second-order valence-electron chi connectivity index (χ2n) is 6.92. The second kappa shape index (κ2) is 9.68. The lowest BCUT2D eigenvalue weighted by atomic mass is 10.1. The number of benzene rings is 2. The van der Waals surface area contributed by atoms with Crippen LogP contribution >= 0.6 is 35.3 Å². The molecule has 0 saturated carbocycles. The zero-order valence-corrected chi connectivity index (χ0v) is 19.8. The van der Waals surface area contributed by atoms with Gasteiger partial charge in [-0.05, 0) is 47.7 Å². The van der Waals surface area contributed by atoms with Gasteiger partial charge in [-0.3, -0.25) is 9.69 Å². The van der Waals surface area contributed by atoms with Crippen LogP contribution in [-0.2, 0) is 4.79 Å². The van der Waals surface area contributed by atoms with E-state index in [0.717, 1.165) is 11.1 Å². The fraction of sp³-hybridized carbons (Fsp3) is 0.125. The molecule has 3 aromatic rings. The smallest absolute Gasteiger partial charge is 0.353 e. The van der Waals surface area contributed by atoms with Crippen LogP contribution < -0.4 is 9.47 Å². The van der Waals surface area contributed by atoms with Gasteiger partial charge in [0.1, 0.15) is 9.20 Å². The fourth-order valence-corrected chi connectivity index (χ4v) is 5.27. The molecule has 1 saturated heterocycles. The number of thioether (sulfide) groups is 1. The molecule has 0 N–H and O–H groups in total. The minimum atomic E-state index is -0.443. The van der Waals surface area contributed by atoms with Gasteiger partial charge in [-0.15, -0.1) is 11.3 Å². The maximum absolute atomic E-state index is 13.1. The molecule has 2 aromatic carbocycles. The van der Waals surface area contributed by atoms with E-state index in [-0.39, 0.29) is 11.9 Å². The quantitative estimate of drug-likeness (QED) is 0.188. The van der Waals surface area contributed by atoms with E-state index in [1.807, 2.05) is 42.6 Å². The van der Waals surface area contributed by atoms with Crippen LogP contribution in [0.1, 0.15) is 33.8 Å². The van der Waals surface area contributed by atoms with Crippen molar-refractivity contribution in [3.8, 4) is 11.5 Å². The number of carbonyl (C=O) groups excluding carboxylic acids is 2. The first-order valence-electron chi connectivity index (χ1n) is 9.73. The Morgan fingerprint density at radius 2 is 1.88 bits per heavy atom. The van der Waals surface area contributed by atoms with Crippen molar-refractivity contribution in [2.24, 2.45) is 0 Å². The molecule has 0 bridgehead atoms. The van der Waals surface area contributed by atoms with Gasteiger partial charge in [-0.1, -0.05) is 66.4 Å². The normalized spacial score (nSPS) is 15.8. The summed E-state index contributed by atoms with van der Waals surface area (Å²) >= 11 is 8.07. The summed E-state index contributed by atoms with van der Waals surface area (Å²) in [5.41, 5.74) is 1.76. The number of carbonyl (C=O) groups is 2. The minimum absolute atomic E-state index is 0.136. The molecule has 5 nitrogen and oxygen atoms in total. The third-order valence-corrected chi connectivity index (χ3v) is 7.08. The molecule has 1 atom stereocenters. The van der Waals surface area contributed by atoms with Crippen LogP contribution in [0.2, 0.25) is 0 Å². The summed E-state index contributed by atoms with van der Waals surface area (Å²) in [6, 6.07) is 18.3. The van der Waals surface area contributed by atoms with Gasteiger partial charge in [0.05, 0.1) is 18.1 Å². The molecule has 1 aliphatic rings. The van der Waals surface area contributed by atoms with E-state index in [1.165, 1.54) is 30.2 Å². The largest absolute Gasteiger partial charge is 0.493 e. The Hall–Kier alpha value is -2.94. The number of esters is 1. The molecular formula is C24H19NO4S3. The van der Waals surface area contributed by atoms with E-state index in [9.17, 15) is 9.59 Å². The molecule has 0 unspecified atom stereocenters. The van der Waals surface area contributed by atoms with Crippen LogP contribution in [0.3, 0.4) is 0 Å². The van der Waals surface area contributed by atoms with Crippen molar-refractivity contribution in [2.75, 3.05) is 7.11 Å². The van der Waals surface area contributed by atoms with Crippen molar-refractivity contribution >= 4 is 57.6 Å². The average Bonchev–Trinajstić information content (AvgIpc) is 3.43. The Kier molecular flexibility index (Phi) is 6.74. The zero-order valence-electron chi connectivity index (χ0n) is 17.3. The summed E-state index contributed by atoms with van der Waals surface area (Å²) < 4.78 is 11.4. The standard InChI is InChI=1S/C24H19NO4S3/c1-15(17-7-4-3-5-8-17)25-22(26)21(32-24(25)30)14-16-10-11-18(19(13-16)28-2)29-23(27)20-9-6-12-31-20/h3-15H,1-2H3/b21-14+/t15-/m0/s1. The Bertz CT molecular complexity index is 1190. The number of thiocarbonyl (C=S) groups is 1. The van der Waals surface area contributed by atoms with E-state index in [2.05, 4.69) is 0 Å². The third kappa shape index (κ3) is 4.62. The lowest BCUT2D eigenvalue weighted by Crippen LogP contribution is -2.30. The lowest BCUT2D eigenvalue weighted by Gasteiger charge is -2.23.